The predicted octanol–water partition coefficient (Wildman–Crippen LogP) is 5.07. The predicted molar refractivity (Wildman–Crippen MR) is 136 cm³/mol. The van der Waals surface area contributed by atoms with Gasteiger partial charge in [-0.2, -0.15) is 0 Å². The molecule has 3 aromatic rings. The van der Waals surface area contributed by atoms with Crippen LogP contribution in [0.3, 0.4) is 0 Å². The van der Waals surface area contributed by atoms with Gasteiger partial charge < -0.3 is 19.7 Å². The molecule has 32 heavy (non-hydrogen) atoms. The molecule has 2 aromatic heterocycles. The molecule has 0 saturated carbocycles. The van der Waals surface area contributed by atoms with Gasteiger partial charge in [0.15, 0.2) is 5.11 Å². The molecule has 1 aromatic carbocycles. The summed E-state index contributed by atoms with van der Waals surface area (Å²) in [6.07, 6.45) is 2.89. The van der Waals surface area contributed by atoms with Crippen LogP contribution in [0.1, 0.15) is 41.1 Å². The normalized spacial score (nSPS) is 18.4. The molecule has 168 valence electrons. The topological polar surface area (TPSA) is 36.3 Å². The number of aryl methyl sites for hydroxylation is 1. The largest absolute Gasteiger partial charge is 0.352 e. The number of benzene rings is 1. The number of nitrogens with one attached hydrogen (secondary N) is 1. The Morgan fingerprint density at radius 2 is 1.88 bits per heavy atom. The van der Waals surface area contributed by atoms with Crippen LogP contribution in [0.25, 0.3) is 5.69 Å². The van der Waals surface area contributed by atoms with Gasteiger partial charge >= 0.3 is 0 Å². The van der Waals surface area contributed by atoms with Gasteiger partial charge in [-0.1, -0.05) is 17.7 Å². The number of thiocarbonyl (C=S) groups is 1. The minimum atomic E-state index is 0.00206. The monoisotopic (exact) mass is 467 g/mol. The molecular formula is C25H30ClN5S. The smallest absolute Gasteiger partial charge is 0.170 e. The Morgan fingerprint density at radius 3 is 2.53 bits per heavy atom. The first-order valence-electron chi connectivity index (χ1n) is 10.9. The second-order valence-corrected chi connectivity index (χ2v) is 9.44. The van der Waals surface area contributed by atoms with E-state index in [0.29, 0.717) is 0 Å². The molecule has 1 aliphatic heterocycles. The van der Waals surface area contributed by atoms with Crippen LogP contribution in [0.2, 0.25) is 5.02 Å². The molecule has 7 heteroatoms. The van der Waals surface area contributed by atoms with E-state index in [0.717, 1.165) is 41.0 Å². The second-order valence-electron chi connectivity index (χ2n) is 8.62. The number of nitrogens with zero attached hydrogens (tertiary/aromatic N) is 4. The Kier molecular flexibility index (Phi) is 6.84. The van der Waals surface area contributed by atoms with Crippen LogP contribution < -0.4 is 5.32 Å². The van der Waals surface area contributed by atoms with Gasteiger partial charge in [-0.25, -0.2) is 0 Å². The van der Waals surface area contributed by atoms with Gasteiger partial charge in [0.2, 0.25) is 0 Å². The summed E-state index contributed by atoms with van der Waals surface area (Å²) < 4.78 is 2.29. The molecule has 4 rings (SSSR count). The highest BCUT2D eigenvalue weighted by molar-refractivity contribution is 7.80. The average Bonchev–Trinajstić information content (AvgIpc) is 3.25. The van der Waals surface area contributed by atoms with Crippen molar-refractivity contribution in [1.82, 2.24) is 24.7 Å². The summed E-state index contributed by atoms with van der Waals surface area (Å²) in [5.74, 6) is 0. The van der Waals surface area contributed by atoms with Crippen molar-refractivity contribution in [3.8, 4) is 5.69 Å². The number of hydrogen-bond acceptors (Lipinski definition) is 3. The molecule has 1 aliphatic rings. The molecule has 1 saturated heterocycles. The van der Waals surface area contributed by atoms with Gasteiger partial charge in [-0.15, -0.1) is 0 Å². The van der Waals surface area contributed by atoms with Crippen molar-refractivity contribution in [1.29, 1.82) is 0 Å². The lowest BCUT2D eigenvalue weighted by atomic mass is 9.96. The Balaban J connectivity index is 1.76. The van der Waals surface area contributed by atoms with E-state index < -0.39 is 0 Å². The van der Waals surface area contributed by atoms with E-state index in [1.807, 2.05) is 30.5 Å². The van der Waals surface area contributed by atoms with Gasteiger partial charge in [0.25, 0.3) is 0 Å². The quantitative estimate of drug-likeness (QED) is 0.491. The lowest BCUT2D eigenvalue weighted by molar-refractivity contribution is 0.292. The number of hydrogen-bond donors (Lipinski definition) is 1. The van der Waals surface area contributed by atoms with E-state index in [4.69, 9.17) is 23.8 Å². The Hall–Kier alpha value is -2.41. The van der Waals surface area contributed by atoms with E-state index in [2.05, 4.69) is 76.9 Å². The summed E-state index contributed by atoms with van der Waals surface area (Å²) in [4.78, 5) is 9.21. The van der Waals surface area contributed by atoms with Crippen molar-refractivity contribution < 1.29 is 0 Å². The van der Waals surface area contributed by atoms with Crippen molar-refractivity contribution in [3.05, 3.63) is 82.4 Å². The Morgan fingerprint density at radius 1 is 1.12 bits per heavy atom. The second kappa shape index (κ2) is 9.61. The first-order valence-corrected chi connectivity index (χ1v) is 11.7. The molecule has 1 fully saturated rings. The van der Waals surface area contributed by atoms with Crippen LogP contribution in [0.15, 0.2) is 54.7 Å². The minimum absolute atomic E-state index is 0.00206. The summed E-state index contributed by atoms with van der Waals surface area (Å²) in [5, 5.41) is 5.10. The summed E-state index contributed by atoms with van der Waals surface area (Å²) in [7, 11) is 4.21. The zero-order chi connectivity index (χ0) is 22.8. The van der Waals surface area contributed by atoms with Crippen LogP contribution in [-0.2, 0) is 0 Å². The van der Waals surface area contributed by atoms with E-state index in [9.17, 15) is 0 Å². The Bertz CT molecular complexity index is 1080. The summed E-state index contributed by atoms with van der Waals surface area (Å²) in [6, 6.07) is 16.4. The minimum Gasteiger partial charge on any atom is -0.352 e. The third kappa shape index (κ3) is 4.53. The van der Waals surface area contributed by atoms with Crippen molar-refractivity contribution in [3.63, 3.8) is 0 Å². The van der Waals surface area contributed by atoms with Gasteiger partial charge in [0.05, 0.1) is 17.8 Å². The Labute approximate surface area is 201 Å². The summed E-state index contributed by atoms with van der Waals surface area (Å²) >= 11 is 11.9. The van der Waals surface area contributed by atoms with Gasteiger partial charge in [-0.3, -0.25) is 4.98 Å². The van der Waals surface area contributed by atoms with Crippen molar-refractivity contribution in [2.75, 3.05) is 27.2 Å². The number of pyridine rings is 1. The summed E-state index contributed by atoms with van der Waals surface area (Å²) in [5.41, 5.74) is 5.78. The fraction of sp³-hybridized carbons (Fsp3) is 0.360. The van der Waals surface area contributed by atoms with Gasteiger partial charge in [-0.05, 0) is 101 Å². The molecule has 0 spiro atoms. The van der Waals surface area contributed by atoms with Crippen LogP contribution in [0, 0.1) is 13.8 Å². The van der Waals surface area contributed by atoms with Crippen LogP contribution in [0.4, 0.5) is 0 Å². The maximum absolute atomic E-state index is 6.13. The maximum Gasteiger partial charge on any atom is 0.170 e. The summed E-state index contributed by atoms with van der Waals surface area (Å²) in [6.45, 7) is 6.25. The SMILES string of the molecule is Cc1cc(C2C(c3ccccn3)NC(=S)N2CCCN(C)C)c(C)n1-c1ccc(Cl)cc1. The third-order valence-corrected chi connectivity index (χ3v) is 6.68. The van der Waals surface area contributed by atoms with Crippen molar-refractivity contribution in [2.24, 2.45) is 0 Å². The molecule has 3 heterocycles. The maximum atomic E-state index is 6.13. The lowest BCUT2D eigenvalue weighted by Crippen LogP contribution is -2.32. The van der Waals surface area contributed by atoms with Gasteiger partial charge in [0.1, 0.15) is 0 Å². The van der Waals surface area contributed by atoms with Crippen LogP contribution in [-0.4, -0.2) is 51.6 Å². The van der Waals surface area contributed by atoms with Crippen LogP contribution in [0.5, 0.6) is 0 Å². The first kappa shape index (κ1) is 22.8. The molecule has 0 aliphatic carbocycles. The fourth-order valence-corrected chi connectivity index (χ4v) is 5.07. The molecule has 5 nitrogen and oxygen atoms in total. The third-order valence-electron chi connectivity index (χ3n) is 6.08. The number of halogens is 1. The molecule has 2 unspecified atom stereocenters. The van der Waals surface area contributed by atoms with E-state index in [-0.39, 0.29) is 12.1 Å². The van der Waals surface area contributed by atoms with Crippen LogP contribution >= 0.6 is 23.8 Å². The number of rotatable bonds is 7. The van der Waals surface area contributed by atoms with E-state index in [1.165, 1.54) is 17.0 Å². The number of aromatic nitrogens is 2. The van der Waals surface area contributed by atoms with Crippen molar-refractivity contribution >= 4 is 28.9 Å². The molecule has 0 amide bonds. The zero-order valence-corrected chi connectivity index (χ0v) is 20.6. The lowest BCUT2D eigenvalue weighted by Gasteiger charge is -2.28. The van der Waals surface area contributed by atoms with E-state index >= 15 is 0 Å². The highest BCUT2D eigenvalue weighted by atomic mass is 35.5. The molecular weight excluding hydrogens is 438 g/mol. The molecule has 0 radical (unpaired) electrons. The van der Waals surface area contributed by atoms with Crippen molar-refractivity contribution in [2.45, 2.75) is 32.4 Å². The fourth-order valence-electron chi connectivity index (χ4n) is 4.62. The highest BCUT2D eigenvalue weighted by Crippen LogP contribution is 2.41. The van der Waals surface area contributed by atoms with Gasteiger partial charge in [0, 0.05) is 34.8 Å². The standard InChI is InChI=1S/C25H30ClN5S/c1-17-16-21(18(2)31(17)20-11-9-19(26)10-12-20)24-23(22-8-5-6-13-27-22)28-25(32)30(24)15-7-14-29(3)4/h5-6,8-13,16,23-24H,7,14-15H2,1-4H3,(H,28,32). The zero-order valence-electron chi connectivity index (χ0n) is 19.0. The first-order chi connectivity index (χ1) is 15.4. The molecule has 0 bridgehead atoms. The average molecular weight is 468 g/mol. The van der Waals surface area contributed by atoms with E-state index in [1.54, 1.807) is 0 Å². The molecule has 2 atom stereocenters. The molecule has 1 N–H and O–H groups in total. The highest BCUT2D eigenvalue weighted by Gasteiger charge is 2.41.